The van der Waals surface area contributed by atoms with Crippen molar-refractivity contribution in [3.05, 3.63) is 70.8 Å². The molecule has 3 atom stereocenters. The van der Waals surface area contributed by atoms with Crippen LogP contribution in [0.5, 0.6) is 0 Å². The lowest BCUT2D eigenvalue weighted by Crippen LogP contribution is -2.62. The maximum Gasteiger partial charge on any atom is 0.312 e. The van der Waals surface area contributed by atoms with Crippen molar-refractivity contribution in [2.45, 2.75) is 90.4 Å². The number of hydrogen-bond donors (Lipinski definition) is 3. The van der Waals surface area contributed by atoms with Gasteiger partial charge in [0.2, 0.25) is 5.91 Å². The van der Waals surface area contributed by atoms with Gasteiger partial charge in [0, 0.05) is 38.8 Å². The van der Waals surface area contributed by atoms with Crippen LogP contribution in [0.15, 0.2) is 42.5 Å². The van der Waals surface area contributed by atoms with Crippen LogP contribution in [0.4, 0.5) is 8.78 Å². The van der Waals surface area contributed by atoms with Gasteiger partial charge in [-0.1, -0.05) is 64.3 Å². The van der Waals surface area contributed by atoms with Crippen molar-refractivity contribution in [1.82, 2.24) is 20.4 Å². The van der Waals surface area contributed by atoms with E-state index in [1.807, 2.05) is 32.0 Å². The van der Waals surface area contributed by atoms with Crippen LogP contribution in [-0.2, 0) is 33.8 Å². The summed E-state index contributed by atoms with van der Waals surface area (Å²) in [4.78, 5) is 42.6. The van der Waals surface area contributed by atoms with Crippen molar-refractivity contribution in [2.75, 3.05) is 26.2 Å². The Hall–Kier alpha value is -3.37. The number of halogens is 2. The van der Waals surface area contributed by atoms with Crippen molar-refractivity contribution < 1.29 is 28.3 Å². The van der Waals surface area contributed by atoms with Gasteiger partial charge < -0.3 is 25.5 Å². The number of hydrogen-bond acceptors (Lipinski definition) is 5. The highest BCUT2D eigenvalue weighted by Crippen LogP contribution is 2.18. The van der Waals surface area contributed by atoms with Gasteiger partial charge in [0.25, 0.3) is 0 Å². The summed E-state index contributed by atoms with van der Waals surface area (Å²) in [7, 11) is 0. The largest absolute Gasteiger partial charge is 0.390 e. The fraction of sp³-hybridized carbons (Fsp3) is 0.545. The minimum Gasteiger partial charge on any atom is -0.390 e. The molecule has 1 aliphatic heterocycles. The smallest absolute Gasteiger partial charge is 0.312 e. The zero-order valence-corrected chi connectivity index (χ0v) is 25.6. The highest BCUT2D eigenvalue weighted by atomic mass is 19.1. The number of unbranched alkanes of at least 4 members (excludes halogenated alkanes) is 2. The van der Waals surface area contributed by atoms with Gasteiger partial charge in [-0.25, -0.2) is 8.78 Å². The van der Waals surface area contributed by atoms with Crippen LogP contribution >= 0.6 is 0 Å². The van der Waals surface area contributed by atoms with E-state index in [0.717, 1.165) is 37.3 Å². The molecule has 1 heterocycles. The number of rotatable bonds is 17. The Morgan fingerprint density at radius 1 is 0.930 bits per heavy atom. The Balaban J connectivity index is 1.77. The lowest BCUT2D eigenvalue weighted by atomic mass is 9.99. The molecule has 3 unspecified atom stereocenters. The molecule has 0 bridgehead atoms. The fourth-order valence-electron chi connectivity index (χ4n) is 5.39. The first-order valence-corrected chi connectivity index (χ1v) is 15.5. The molecular formula is C33H46F2N4O4. The Bertz CT molecular complexity index is 1210. The summed E-state index contributed by atoms with van der Waals surface area (Å²) in [5.74, 6) is -3.34. The van der Waals surface area contributed by atoms with Crippen LogP contribution < -0.4 is 10.6 Å². The van der Waals surface area contributed by atoms with Gasteiger partial charge in [-0.2, -0.15) is 0 Å². The van der Waals surface area contributed by atoms with E-state index in [9.17, 15) is 28.3 Å². The second-order valence-electron chi connectivity index (χ2n) is 11.3. The predicted octanol–water partition coefficient (Wildman–Crippen LogP) is 3.73. The Morgan fingerprint density at radius 2 is 1.63 bits per heavy atom. The van der Waals surface area contributed by atoms with Crippen LogP contribution in [0.3, 0.4) is 0 Å². The van der Waals surface area contributed by atoms with E-state index in [2.05, 4.69) is 23.6 Å². The summed E-state index contributed by atoms with van der Waals surface area (Å²) >= 11 is 0. The molecule has 0 saturated carbocycles. The number of nitrogens with zero attached hydrogens (tertiary/aromatic N) is 2. The molecule has 0 aliphatic carbocycles. The molecule has 1 saturated heterocycles. The van der Waals surface area contributed by atoms with Crippen molar-refractivity contribution in [2.24, 2.45) is 0 Å². The summed E-state index contributed by atoms with van der Waals surface area (Å²) < 4.78 is 28.0. The number of aliphatic hydroxyl groups is 1. The molecule has 1 aliphatic rings. The van der Waals surface area contributed by atoms with Gasteiger partial charge in [-0.05, 0) is 54.5 Å². The quantitative estimate of drug-likeness (QED) is 0.240. The minimum absolute atomic E-state index is 0.0350. The van der Waals surface area contributed by atoms with Crippen LogP contribution in [-0.4, -0.2) is 77.0 Å². The second-order valence-corrected chi connectivity index (χ2v) is 11.3. The van der Waals surface area contributed by atoms with E-state index >= 15 is 0 Å². The molecule has 0 aromatic heterocycles. The van der Waals surface area contributed by atoms with Gasteiger partial charge in [-0.3, -0.25) is 14.4 Å². The van der Waals surface area contributed by atoms with Gasteiger partial charge in [-0.15, -0.1) is 0 Å². The Labute approximate surface area is 253 Å². The highest BCUT2D eigenvalue weighted by molar-refractivity contribution is 6.35. The van der Waals surface area contributed by atoms with E-state index in [4.69, 9.17) is 0 Å². The number of aryl methyl sites for hydroxylation is 1. The SMILES string of the molecule is CCCCC(C(=O)NC(Cc1cc(F)cc(F)c1)C(O)CNCc1cccc(CC)c1)N1CCN(CCCC)C(=O)C1=O. The lowest BCUT2D eigenvalue weighted by molar-refractivity contribution is -0.159. The number of amides is 3. The first-order chi connectivity index (χ1) is 20.7. The number of benzene rings is 2. The second kappa shape index (κ2) is 17.1. The van der Waals surface area contributed by atoms with Crippen molar-refractivity contribution in [3.63, 3.8) is 0 Å². The van der Waals surface area contributed by atoms with Crippen molar-refractivity contribution in [3.8, 4) is 0 Å². The summed E-state index contributed by atoms with van der Waals surface area (Å²) in [5, 5.41) is 17.3. The first kappa shape index (κ1) is 34.1. The Morgan fingerprint density at radius 3 is 2.30 bits per heavy atom. The average Bonchev–Trinajstić information content (AvgIpc) is 2.98. The average molecular weight is 601 g/mol. The molecule has 8 nitrogen and oxygen atoms in total. The molecule has 10 heteroatoms. The molecular weight excluding hydrogens is 554 g/mol. The number of carbonyl (C=O) groups is 3. The molecule has 0 radical (unpaired) electrons. The number of carbonyl (C=O) groups excluding carboxylic acids is 3. The third-order valence-electron chi connectivity index (χ3n) is 7.89. The molecule has 0 spiro atoms. The van der Waals surface area contributed by atoms with Crippen LogP contribution in [0.1, 0.15) is 69.6 Å². The van der Waals surface area contributed by atoms with E-state index in [0.29, 0.717) is 32.5 Å². The summed E-state index contributed by atoms with van der Waals surface area (Å²) in [5.41, 5.74) is 2.51. The first-order valence-electron chi connectivity index (χ1n) is 15.5. The van der Waals surface area contributed by atoms with Gasteiger partial charge in [0.1, 0.15) is 17.7 Å². The number of nitrogens with one attached hydrogen (secondary N) is 2. The van der Waals surface area contributed by atoms with Gasteiger partial charge in [0.05, 0.1) is 12.1 Å². The third-order valence-corrected chi connectivity index (χ3v) is 7.89. The zero-order chi connectivity index (χ0) is 31.4. The summed E-state index contributed by atoms with van der Waals surface area (Å²) in [6, 6.07) is 9.36. The van der Waals surface area contributed by atoms with Gasteiger partial charge in [0.15, 0.2) is 0 Å². The van der Waals surface area contributed by atoms with Crippen LogP contribution in [0.2, 0.25) is 0 Å². The maximum atomic E-state index is 14.0. The summed E-state index contributed by atoms with van der Waals surface area (Å²) in [6.45, 7) is 7.71. The molecule has 3 amide bonds. The van der Waals surface area contributed by atoms with Gasteiger partial charge >= 0.3 is 11.8 Å². The van der Waals surface area contributed by atoms with Crippen LogP contribution in [0, 0.1) is 11.6 Å². The standard InChI is InChI=1S/C33H46F2N4O4/c1-4-7-12-29(39-15-14-38(13-8-5-2)32(42)33(39)43)31(41)37-28(19-25-17-26(34)20-27(35)18-25)30(40)22-36-21-24-11-9-10-23(6-3)16-24/h9-11,16-18,20,28-30,36,40H,4-8,12-15,19,21-22H2,1-3H3,(H,37,41). The monoisotopic (exact) mass is 600 g/mol. The third kappa shape index (κ3) is 10.1. The molecule has 43 heavy (non-hydrogen) atoms. The van der Waals surface area contributed by atoms with E-state index in [1.165, 1.54) is 27.5 Å². The fourth-order valence-corrected chi connectivity index (χ4v) is 5.39. The highest BCUT2D eigenvalue weighted by Gasteiger charge is 2.39. The molecule has 3 N–H and O–H groups in total. The Kier molecular flexibility index (Phi) is 13.5. The summed E-state index contributed by atoms with van der Waals surface area (Å²) in [6.07, 6.45) is 3.21. The van der Waals surface area contributed by atoms with E-state index in [1.54, 1.807) is 0 Å². The van der Waals surface area contributed by atoms with E-state index in [-0.39, 0.29) is 25.1 Å². The molecule has 236 valence electrons. The topological polar surface area (TPSA) is 102 Å². The number of aliphatic hydroxyl groups excluding tert-OH is 1. The number of piperazine rings is 1. The van der Waals surface area contributed by atoms with E-state index < -0.39 is 47.5 Å². The molecule has 3 rings (SSSR count). The molecule has 2 aromatic carbocycles. The zero-order valence-electron chi connectivity index (χ0n) is 25.6. The lowest BCUT2D eigenvalue weighted by Gasteiger charge is -2.38. The maximum absolute atomic E-state index is 14.0. The normalized spacial score (nSPS) is 15.9. The minimum atomic E-state index is -1.11. The molecule has 2 aromatic rings. The predicted molar refractivity (Wildman–Crippen MR) is 162 cm³/mol. The van der Waals surface area contributed by atoms with Crippen molar-refractivity contribution >= 4 is 17.7 Å². The molecule has 1 fully saturated rings. The van der Waals surface area contributed by atoms with Crippen LogP contribution in [0.25, 0.3) is 0 Å². The van der Waals surface area contributed by atoms with Crippen molar-refractivity contribution in [1.29, 1.82) is 0 Å².